The third-order valence-electron chi connectivity index (χ3n) is 3.79. The van der Waals surface area contributed by atoms with E-state index in [9.17, 15) is 0 Å². The average molecular weight is 280 g/mol. The van der Waals surface area contributed by atoms with Gasteiger partial charge in [0.25, 0.3) is 0 Å². The number of thiazole rings is 1. The van der Waals surface area contributed by atoms with Gasteiger partial charge in [0.15, 0.2) is 10.8 Å². The largest absolute Gasteiger partial charge is 0.381 e. The maximum Gasteiger partial charge on any atom is 0.195 e. The Hall–Kier alpha value is -1.11. The van der Waals surface area contributed by atoms with Gasteiger partial charge in [-0.3, -0.25) is 4.40 Å². The van der Waals surface area contributed by atoms with Gasteiger partial charge < -0.3 is 15.4 Å². The van der Waals surface area contributed by atoms with Crippen molar-refractivity contribution in [1.29, 1.82) is 0 Å². The zero-order valence-corrected chi connectivity index (χ0v) is 12.0. The zero-order valence-electron chi connectivity index (χ0n) is 11.2. The summed E-state index contributed by atoms with van der Waals surface area (Å²) in [5, 5.41) is 2.07. The minimum atomic E-state index is 0.523. The molecule has 0 unspecified atom stereocenters. The van der Waals surface area contributed by atoms with Gasteiger partial charge in [0.2, 0.25) is 0 Å². The lowest BCUT2D eigenvalue weighted by atomic mass is 10.1. The lowest BCUT2D eigenvalue weighted by Crippen LogP contribution is -2.37. The van der Waals surface area contributed by atoms with E-state index in [1.807, 2.05) is 0 Å². The van der Waals surface area contributed by atoms with E-state index in [-0.39, 0.29) is 0 Å². The number of nitrogens with zero attached hydrogens (tertiary/aromatic N) is 3. The second-order valence-electron chi connectivity index (χ2n) is 4.93. The van der Waals surface area contributed by atoms with Crippen molar-refractivity contribution < 1.29 is 4.74 Å². The molecule has 3 heterocycles. The highest BCUT2D eigenvalue weighted by molar-refractivity contribution is 7.15. The Morgan fingerprint density at radius 1 is 1.53 bits per heavy atom. The summed E-state index contributed by atoms with van der Waals surface area (Å²) in [4.78, 5) is 8.14. The summed E-state index contributed by atoms with van der Waals surface area (Å²) in [6.07, 6.45) is 5.09. The lowest BCUT2D eigenvalue weighted by molar-refractivity contribution is 0.0853. The number of nitrogens with two attached hydrogens (primary N) is 1. The third-order valence-corrected chi connectivity index (χ3v) is 4.55. The molecule has 0 atom stereocenters. The van der Waals surface area contributed by atoms with Crippen LogP contribution in [0.15, 0.2) is 11.6 Å². The molecule has 0 bridgehead atoms. The van der Waals surface area contributed by atoms with Crippen molar-refractivity contribution in [2.45, 2.75) is 25.3 Å². The van der Waals surface area contributed by atoms with Gasteiger partial charge in [0.05, 0.1) is 5.69 Å². The lowest BCUT2D eigenvalue weighted by Gasteiger charge is -2.32. The first-order valence-corrected chi connectivity index (χ1v) is 7.64. The molecule has 1 saturated heterocycles. The van der Waals surface area contributed by atoms with Crippen LogP contribution in [0, 0.1) is 0 Å². The van der Waals surface area contributed by atoms with E-state index in [1.165, 1.54) is 5.69 Å². The molecule has 0 saturated carbocycles. The molecule has 0 radical (unpaired) electrons. The zero-order chi connectivity index (χ0) is 13.2. The van der Waals surface area contributed by atoms with Crippen LogP contribution in [0.5, 0.6) is 0 Å². The molecule has 19 heavy (non-hydrogen) atoms. The first-order valence-electron chi connectivity index (χ1n) is 6.76. The van der Waals surface area contributed by atoms with Crippen LogP contribution < -0.4 is 10.6 Å². The Morgan fingerprint density at radius 2 is 2.32 bits per heavy atom. The van der Waals surface area contributed by atoms with E-state index in [2.05, 4.69) is 27.9 Å². The summed E-state index contributed by atoms with van der Waals surface area (Å²) in [7, 11) is 2.14. The standard InChI is InChI=1S/C13H20N4OS/c1-16(10-3-7-18-8-4-10)12-11(2-5-14)17-6-9-19-13(17)15-12/h6,9-10H,2-5,7-8,14H2,1H3. The maximum absolute atomic E-state index is 5.75. The summed E-state index contributed by atoms with van der Waals surface area (Å²) in [6, 6.07) is 0.523. The molecular formula is C13H20N4OS. The summed E-state index contributed by atoms with van der Waals surface area (Å²) in [5.74, 6) is 1.09. The van der Waals surface area contributed by atoms with Crippen LogP contribution in [0.3, 0.4) is 0 Å². The van der Waals surface area contributed by atoms with E-state index in [4.69, 9.17) is 15.5 Å². The van der Waals surface area contributed by atoms with Crippen LogP contribution in [-0.2, 0) is 11.2 Å². The Kier molecular flexibility index (Phi) is 3.72. The fraction of sp³-hybridized carbons (Fsp3) is 0.615. The fourth-order valence-corrected chi connectivity index (χ4v) is 3.45. The van der Waals surface area contributed by atoms with Crippen molar-refractivity contribution in [1.82, 2.24) is 9.38 Å². The molecule has 0 aliphatic carbocycles. The van der Waals surface area contributed by atoms with Crippen LogP contribution in [0.25, 0.3) is 4.96 Å². The first-order chi connectivity index (χ1) is 9.31. The first kappa shape index (κ1) is 12.9. The number of fused-ring (bicyclic) bond motifs is 1. The Bertz CT molecular complexity index is 544. The quantitative estimate of drug-likeness (QED) is 0.922. The van der Waals surface area contributed by atoms with Crippen molar-refractivity contribution in [3.63, 3.8) is 0 Å². The Labute approximate surface area is 117 Å². The van der Waals surface area contributed by atoms with Crippen LogP contribution in [0.4, 0.5) is 5.82 Å². The molecule has 0 amide bonds. The normalized spacial score (nSPS) is 17.2. The van der Waals surface area contributed by atoms with Crippen LogP contribution in [0.1, 0.15) is 18.5 Å². The highest BCUT2D eigenvalue weighted by Crippen LogP contribution is 2.27. The average Bonchev–Trinajstić information content (AvgIpc) is 3.02. The van der Waals surface area contributed by atoms with E-state index < -0.39 is 0 Å². The van der Waals surface area contributed by atoms with Crippen molar-refractivity contribution in [3.05, 3.63) is 17.3 Å². The van der Waals surface area contributed by atoms with Crippen molar-refractivity contribution in [2.24, 2.45) is 5.73 Å². The molecule has 0 aromatic carbocycles. The minimum absolute atomic E-state index is 0.523. The monoisotopic (exact) mass is 280 g/mol. The second-order valence-corrected chi connectivity index (χ2v) is 5.80. The van der Waals surface area contributed by atoms with Gasteiger partial charge in [0.1, 0.15) is 0 Å². The summed E-state index contributed by atoms with van der Waals surface area (Å²) >= 11 is 1.67. The molecule has 3 rings (SSSR count). The van der Waals surface area contributed by atoms with Gasteiger partial charge in [-0.25, -0.2) is 4.98 Å². The number of hydrogen-bond acceptors (Lipinski definition) is 5. The van der Waals surface area contributed by atoms with Crippen molar-refractivity contribution in [3.8, 4) is 0 Å². The highest BCUT2D eigenvalue weighted by Gasteiger charge is 2.23. The SMILES string of the molecule is CN(c1nc2sccn2c1CCN)C1CCOCC1. The molecule has 1 aliphatic rings. The van der Waals surface area contributed by atoms with Gasteiger partial charge in [0, 0.05) is 44.3 Å². The Balaban J connectivity index is 1.93. The van der Waals surface area contributed by atoms with Crippen LogP contribution >= 0.6 is 11.3 Å². The van der Waals surface area contributed by atoms with Gasteiger partial charge in [-0.1, -0.05) is 0 Å². The summed E-state index contributed by atoms with van der Waals surface area (Å²) in [5.41, 5.74) is 6.98. The molecule has 1 fully saturated rings. The molecule has 2 N–H and O–H groups in total. The number of ether oxygens (including phenoxy) is 1. The maximum atomic E-state index is 5.75. The molecule has 5 nitrogen and oxygen atoms in total. The van der Waals surface area contributed by atoms with Crippen LogP contribution in [0.2, 0.25) is 0 Å². The molecule has 104 valence electrons. The Morgan fingerprint density at radius 3 is 3.05 bits per heavy atom. The van der Waals surface area contributed by atoms with E-state index >= 15 is 0 Å². The number of anilines is 1. The summed E-state index contributed by atoms with van der Waals surface area (Å²) in [6.45, 7) is 2.35. The van der Waals surface area contributed by atoms with E-state index in [0.29, 0.717) is 12.6 Å². The number of rotatable bonds is 4. The molecular weight excluding hydrogens is 260 g/mol. The van der Waals surface area contributed by atoms with Gasteiger partial charge in [-0.2, -0.15) is 0 Å². The van der Waals surface area contributed by atoms with E-state index in [0.717, 1.165) is 43.3 Å². The van der Waals surface area contributed by atoms with Gasteiger partial charge >= 0.3 is 0 Å². The molecule has 6 heteroatoms. The minimum Gasteiger partial charge on any atom is -0.381 e. The molecule has 0 spiro atoms. The van der Waals surface area contributed by atoms with Crippen molar-refractivity contribution >= 4 is 22.1 Å². The van der Waals surface area contributed by atoms with Gasteiger partial charge in [-0.05, 0) is 19.4 Å². The topological polar surface area (TPSA) is 55.8 Å². The number of aromatic nitrogens is 2. The number of imidazole rings is 1. The van der Waals surface area contributed by atoms with E-state index in [1.54, 1.807) is 11.3 Å². The predicted molar refractivity (Wildman–Crippen MR) is 78.1 cm³/mol. The highest BCUT2D eigenvalue weighted by atomic mass is 32.1. The summed E-state index contributed by atoms with van der Waals surface area (Å²) < 4.78 is 7.61. The third kappa shape index (κ3) is 2.35. The van der Waals surface area contributed by atoms with Gasteiger partial charge in [-0.15, -0.1) is 11.3 Å². The smallest absolute Gasteiger partial charge is 0.195 e. The molecule has 2 aromatic rings. The van der Waals surface area contributed by atoms with Crippen LogP contribution in [-0.4, -0.2) is 42.2 Å². The number of hydrogen-bond donors (Lipinski definition) is 1. The fourth-order valence-electron chi connectivity index (χ4n) is 2.72. The predicted octanol–water partition coefficient (Wildman–Crippen LogP) is 1.51. The second kappa shape index (κ2) is 5.48. The molecule has 2 aromatic heterocycles. The molecule has 1 aliphatic heterocycles. The van der Waals surface area contributed by atoms with Crippen molar-refractivity contribution in [2.75, 3.05) is 31.7 Å².